The Bertz CT molecular complexity index is 149. The van der Waals surface area contributed by atoms with E-state index >= 15 is 0 Å². The van der Waals surface area contributed by atoms with Crippen molar-refractivity contribution in [1.29, 1.82) is 0 Å². The maximum Gasteiger partial charge on any atom is 0.0112 e. The molecule has 1 heterocycles. The second-order valence-electron chi connectivity index (χ2n) is 5.46. The molecule has 0 aromatic carbocycles. The van der Waals surface area contributed by atoms with E-state index in [4.69, 9.17) is 5.73 Å². The van der Waals surface area contributed by atoms with Gasteiger partial charge in [0.15, 0.2) is 0 Å². The van der Waals surface area contributed by atoms with Crippen LogP contribution >= 0.6 is 0 Å². The Morgan fingerprint density at radius 1 is 1.38 bits per heavy atom. The molecule has 1 aliphatic rings. The molecule has 0 spiro atoms. The third-order valence-corrected chi connectivity index (χ3v) is 2.86. The predicted molar refractivity (Wildman–Crippen MR) is 57.6 cm³/mol. The van der Waals surface area contributed by atoms with E-state index in [2.05, 4.69) is 26.1 Å². The van der Waals surface area contributed by atoms with Crippen LogP contribution < -0.4 is 11.1 Å². The van der Waals surface area contributed by atoms with Crippen molar-refractivity contribution in [2.45, 2.75) is 46.1 Å². The minimum Gasteiger partial charge on any atom is -0.330 e. The molecule has 2 nitrogen and oxygen atoms in total. The summed E-state index contributed by atoms with van der Waals surface area (Å²) in [5.41, 5.74) is 6.19. The fourth-order valence-electron chi connectivity index (χ4n) is 2.20. The van der Waals surface area contributed by atoms with Gasteiger partial charge in [-0.05, 0) is 43.7 Å². The van der Waals surface area contributed by atoms with Gasteiger partial charge in [-0.1, -0.05) is 20.8 Å². The lowest BCUT2D eigenvalue weighted by Crippen LogP contribution is -2.46. The molecule has 3 N–H and O–H groups in total. The summed E-state index contributed by atoms with van der Waals surface area (Å²) in [6, 6.07) is 0.652. The Balaban J connectivity index is 2.45. The van der Waals surface area contributed by atoms with Gasteiger partial charge in [-0.15, -0.1) is 0 Å². The smallest absolute Gasteiger partial charge is 0.0112 e. The first kappa shape index (κ1) is 11.0. The van der Waals surface area contributed by atoms with Crippen LogP contribution in [0.25, 0.3) is 0 Å². The van der Waals surface area contributed by atoms with Gasteiger partial charge < -0.3 is 11.1 Å². The van der Waals surface area contributed by atoms with Crippen molar-refractivity contribution < 1.29 is 0 Å². The standard InChI is InChI=1S/C11H24N2/c1-11(2,3)7-10-9(8-12)5-4-6-13-10/h9-10,13H,4-8,12H2,1-3H3/t9-,10-/m0/s1. The number of piperidine rings is 1. The van der Waals surface area contributed by atoms with E-state index in [1.165, 1.54) is 25.8 Å². The maximum absolute atomic E-state index is 5.77. The molecule has 1 saturated heterocycles. The van der Waals surface area contributed by atoms with Gasteiger partial charge in [0.2, 0.25) is 0 Å². The van der Waals surface area contributed by atoms with Gasteiger partial charge in [0.1, 0.15) is 0 Å². The molecule has 0 amide bonds. The van der Waals surface area contributed by atoms with Crippen molar-refractivity contribution >= 4 is 0 Å². The largest absolute Gasteiger partial charge is 0.330 e. The molecular formula is C11H24N2. The Morgan fingerprint density at radius 2 is 2.08 bits per heavy atom. The van der Waals surface area contributed by atoms with E-state index in [0.29, 0.717) is 17.4 Å². The van der Waals surface area contributed by atoms with Gasteiger partial charge in [-0.3, -0.25) is 0 Å². The maximum atomic E-state index is 5.77. The summed E-state index contributed by atoms with van der Waals surface area (Å²) in [5.74, 6) is 0.702. The van der Waals surface area contributed by atoms with Crippen molar-refractivity contribution in [3.8, 4) is 0 Å². The predicted octanol–water partition coefficient (Wildman–Crippen LogP) is 1.75. The van der Waals surface area contributed by atoms with Crippen LogP contribution in [0.2, 0.25) is 0 Å². The van der Waals surface area contributed by atoms with E-state index in [1.807, 2.05) is 0 Å². The lowest BCUT2D eigenvalue weighted by atomic mass is 9.80. The van der Waals surface area contributed by atoms with Crippen LogP contribution in [0, 0.1) is 11.3 Å². The molecule has 0 saturated carbocycles. The normalized spacial score (nSPS) is 30.5. The number of hydrogen-bond donors (Lipinski definition) is 2. The highest BCUT2D eigenvalue weighted by atomic mass is 14.9. The molecule has 2 heteroatoms. The van der Waals surface area contributed by atoms with Gasteiger partial charge in [0.25, 0.3) is 0 Å². The molecule has 0 unspecified atom stereocenters. The number of hydrogen-bond acceptors (Lipinski definition) is 2. The fourth-order valence-corrected chi connectivity index (χ4v) is 2.20. The zero-order valence-corrected chi connectivity index (χ0v) is 9.27. The van der Waals surface area contributed by atoms with Crippen LogP contribution in [-0.2, 0) is 0 Å². The Kier molecular flexibility index (Phi) is 3.74. The molecular weight excluding hydrogens is 160 g/mol. The fraction of sp³-hybridized carbons (Fsp3) is 1.00. The number of nitrogens with one attached hydrogen (secondary N) is 1. The summed E-state index contributed by atoms with van der Waals surface area (Å²) in [7, 11) is 0. The Labute approximate surface area is 82.3 Å². The van der Waals surface area contributed by atoms with Crippen molar-refractivity contribution in [2.24, 2.45) is 17.1 Å². The summed E-state index contributed by atoms with van der Waals surface area (Å²) in [5, 5.41) is 3.60. The number of nitrogens with two attached hydrogens (primary N) is 1. The van der Waals surface area contributed by atoms with E-state index in [0.717, 1.165) is 6.54 Å². The SMILES string of the molecule is CC(C)(C)C[C@@H]1NCCC[C@H]1CN. The molecule has 0 bridgehead atoms. The quantitative estimate of drug-likeness (QED) is 0.686. The second kappa shape index (κ2) is 4.43. The van der Waals surface area contributed by atoms with Crippen LogP contribution in [-0.4, -0.2) is 19.1 Å². The minimum atomic E-state index is 0.419. The highest BCUT2D eigenvalue weighted by Crippen LogP contribution is 2.27. The van der Waals surface area contributed by atoms with Crippen LogP contribution in [0.3, 0.4) is 0 Å². The van der Waals surface area contributed by atoms with Crippen LogP contribution in [0.5, 0.6) is 0 Å². The molecule has 1 fully saturated rings. The van der Waals surface area contributed by atoms with Crippen LogP contribution in [0.4, 0.5) is 0 Å². The number of rotatable bonds is 2. The molecule has 0 aromatic rings. The Morgan fingerprint density at radius 3 is 2.62 bits per heavy atom. The van der Waals surface area contributed by atoms with Gasteiger partial charge in [0.05, 0.1) is 0 Å². The summed E-state index contributed by atoms with van der Waals surface area (Å²) >= 11 is 0. The third kappa shape index (κ3) is 3.65. The van der Waals surface area contributed by atoms with E-state index in [9.17, 15) is 0 Å². The van der Waals surface area contributed by atoms with E-state index in [1.54, 1.807) is 0 Å². The average Bonchev–Trinajstić information content (AvgIpc) is 2.02. The van der Waals surface area contributed by atoms with Gasteiger partial charge in [-0.25, -0.2) is 0 Å². The summed E-state index contributed by atoms with van der Waals surface area (Å²) in [6.07, 6.45) is 3.85. The highest BCUT2D eigenvalue weighted by molar-refractivity contribution is 4.85. The van der Waals surface area contributed by atoms with Crippen LogP contribution in [0.1, 0.15) is 40.0 Å². The zero-order valence-electron chi connectivity index (χ0n) is 9.27. The third-order valence-electron chi connectivity index (χ3n) is 2.86. The van der Waals surface area contributed by atoms with Crippen molar-refractivity contribution in [3.63, 3.8) is 0 Å². The van der Waals surface area contributed by atoms with Crippen molar-refractivity contribution in [1.82, 2.24) is 5.32 Å². The molecule has 2 atom stereocenters. The molecule has 0 radical (unpaired) electrons. The van der Waals surface area contributed by atoms with E-state index in [-0.39, 0.29) is 0 Å². The zero-order chi connectivity index (χ0) is 9.90. The van der Waals surface area contributed by atoms with E-state index < -0.39 is 0 Å². The lowest BCUT2D eigenvalue weighted by Gasteiger charge is -2.36. The first-order chi connectivity index (χ1) is 6.03. The molecule has 0 aliphatic carbocycles. The Hall–Kier alpha value is -0.0800. The molecule has 78 valence electrons. The summed E-state index contributed by atoms with van der Waals surface area (Å²) in [6.45, 7) is 8.93. The van der Waals surface area contributed by atoms with Gasteiger partial charge >= 0.3 is 0 Å². The van der Waals surface area contributed by atoms with Gasteiger partial charge in [-0.2, -0.15) is 0 Å². The molecule has 1 aliphatic heterocycles. The minimum absolute atomic E-state index is 0.419. The molecule has 0 aromatic heterocycles. The molecule has 13 heavy (non-hydrogen) atoms. The second-order valence-corrected chi connectivity index (χ2v) is 5.46. The summed E-state index contributed by atoms with van der Waals surface area (Å²) in [4.78, 5) is 0. The van der Waals surface area contributed by atoms with Gasteiger partial charge in [0, 0.05) is 6.04 Å². The average molecular weight is 184 g/mol. The first-order valence-corrected chi connectivity index (χ1v) is 5.46. The monoisotopic (exact) mass is 184 g/mol. The lowest BCUT2D eigenvalue weighted by molar-refractivity contribution is 0.211. The van der Waals surface area contributed by atoms with Crippen LogP contribution in [0.15, 0.2) is 0 Å². The van der Waals surface area contributed by atoms with Crippen molar-refractivity contribution in [3.05, 3.63) is 0 Å². The summed E-state index contributed by atoms with van der Waals surface area (Å²) < 4.78 is 0. The first-order valence-electron chi connectivity index (χ1n) is 5.46. The highest BCUT2D eigenvalue weighted by Gasteiger charge is 2.27. The topological polar surface area (TPSA) is 38.0 Å². The van der Waals surface area contributed by atoms with Crippen molar-refractivity contribution in [2.75, 3.05) is 13.1 Å². The molecule has 1 rings (SSSR count).